The third-order valence-electron chi connectivity index (χ3n) is 5.05. The largest absolute Gasteiger partial charge is 0.454 e. The van der Waals surface area contributed by atoms with Crippen molar-refractivity contribution in [1.29, 1.82) is 0 Å². The summed E-state index contributed by atoms with van der Waals surface area (Å²) < 4.78 is 12.3. The number of amides is 1. The fourth-order valence-electron chi connectivity index (χ4n) is 3.45. The van der Waals surface area contributed by atoms with E-state index in [9.17, 15) is 4.79 Å². The summed E-state index contributed by atoms with van der Waals surface area (Å²) in [6.45, 7) is 0.527. The van der Waals surface area contributed by atoms with Crippen LogP contribution >= 0.6 is 23.2 Å². The molecular weight excluding hydrogens is 449 g/mol. The lowest BCUT2D eigenvalue weighted by Crippen LogP contribution is -2.25. The molecule has 1 aliphatic heterocycles. The number of fused-ring (bicyclic) bond motifs is 1. The van der Waals surface area contributed by atoms with Gasteiger partial charge in [0.05, 0.1) is 16.4 Å². The fourth-order valence-corrected chi connectivity index (χ4v) is 3.80. The molecule has 4 aromatic rings. The number of hydrogen-bond donors (Lipinski definition) is 1. The summed E-state index contributed by atoms with van der Waals surface area (Å²) >= 11 is 12.4. The zero-order chi connectivity index (χ0) is 22.1. The number of rotatable bonds is 5. The van der Waals surface area contributed by atoms with Gasteiger partial charge in [0, 0.05) is 17.1 Å². The van der Waals surface area contributed by atoms with Gasteiger partial charge in [-0.1, -0.05) is 47.5 Å². The van der Waals surface area contributed by atoms with Gasteiger partial charge in [-0.05, 0) is 54.1 Å². The van der Waals surface area contributed by atoms with Crippen molar-refractivity contribution in [3.05, 3.63) is 94.1 Å². The molecule has 0 unspecified atom stereocenters. The maximum Gasteiger partial charge on any atom is 0.270 e. The Kier molecular flexibility index (Phi) is 5.47. The molecule has 0 atom stereocenters. The number of benzene rings is 3. The first-order valence-electron chi connectivity index (χ1n) is 9.86. The maximum absolute atomic E-state index is 13.2. The van der Waals surface area contributed by atoms with Crippen molar-refractivity contribution in [1.82, 2.24) is 15.1 Å². The zero-order valence-corrected chi connectivity index (χ0v) is 18.2. The van der Waals surface area contributed by atoms with Crippen molar-refractivity contribution in [2.24, 2.45) is 0 Å². The highest BCUT2D eigenvalue weighted by atomic mass is 35.5. The molecule has 8 heteroatoms. The van der Waals surface area contributed by atoms with E-state index in [1.807, 2.05) is 36.4 Å². The third kappa shape index (κ3) is 4.02. The van der Waals surface area contributed by atoms with Gasteiger partial charge in [-0.2, -0.15) is 5.10 Å². The summed E-state index contributed by atoms with van der Waals surface area (Å²) in [5.41, 5.74) is 3.32. The molecule has 0 fully saturated rings. The molecule has 0 aliphatic carbocycles. The van der Waals surface area contributed by atoms with Crippen molar-refractivity contribution < 1.29 is 14.3 Å². The summed E-state index contributed by atoms with van der Waals surface area (Å²) in [4.78, 5) is 13.2. The Morgan fingerprint density at radius 1 is 0.969 bits per heavy atom. The molecule has 1 aliphatic rings. The smallest absolute Gasteiger partial charge is 0.270 e. The molecule has 0 bridgehead atoms. The minimum atomic E-state index is -0.275. The van der Waals surface area contributed by atoms with Crippen molar-refractivity contribution in [3.8, 4) is 28.4 Å². The van der Waals surface area contributed by atoms with E-state index in [0.717, 1.165) is 11.1 Å². The van der Waals surface area contributed by atoms with E-state index in [1.165, 1.54) is 0 Å². The van der Waals surface area contributed by atoms with E-state index in [2.05, 4.69) is 10.4 Å². The van der Waals surface area contributed by atoms with Gasteiger partial charge in [0.15, 0.2) is 11.5 Å². The topological polar surface area (TPSA) is 65.4 Å². The Hall–Kier alpha value is -3.48. The molecular formula is C24H17Cl2N3O3. The quantitative estimate of drug-likeness (QED) is 0.422. The summed E-state index contributed by atoms with van der Waals surface area (Å²) in [6.07, 6.45) is 0. The first-order chi connectivity index (χ1) is 15.6. The number of ether oxygens (including phenoxy) is 2. The molecule has 2 heterocycles. The van der Waals surface area contributed by atoms with E-state index in [1.54, 1.807) is 41.1 Å². The SMILES string of the molecule is O=C(NCc1ccc2c(c1)OCO2)c1cc(-c2ccccc2Cl)nn1-c1ccc(Cl)cc1. The molecule has 6 nitrogen and oxygen atoms in total. The highest BCUT2D eigenvalue weighted by Gasteiger charge is 2.19. The van der Waals surface area contributed by atoms with E-state index in [4.69, 9.17) is 32.7 Å². The average Bonchev–Trinajstić information content (AvgIpc) is 3.45. The van der Waals surface area contributed by atoms with Gasteiger partial charge in [-0.25, -0.2) is 4.68 Å². The number of nitrogens with zero attached hydrogens (tertiary/aromatic N) is 2. The van der Waals surface area contributed by atoms with Crippen molar-refractivity contribution in [2.45, 2.75) is 6.54 Å². The number of carbonyl (C=O) groups is 1. The Balaban J connectivity index is 1.46. The highest BCUT2D eigenvalue weighted by Crippen LogP contribution is 2.32. The van der Waals surface area contributed by atoms with Crippen molar-refractivity contribution in [3.63, 3.8) is 0 Å². The van der Waals surface area contributed by atoms with Crippen LogP contribution in [0.5, 0.6) is 11.5 Å². The second-order valence-corrected chi connectivity index (χ2v) is 8.00. The number of halogens is 2. The molecule has 1 aromatic heterocycles. The monoisotopic (exact) mass is 465 g/mol. The maximum atomic E-state index is 13.2. The van der Waals surface area contributed by atoms with Gasteiger partial charge in [0.25, 0.3) is 5.91 Å². The molecule has 32 heavy (non-hydrogen) atoms. The molecule has 3 aromatic carbocycles. The van der Waals surface area contributed by atoms with Crippen LogP contribution in [0.1, 0.15) is 16.1 Å². The molecule has 1 N–H and O–H groups in total. The van der Waals surface area contributed by atoms with Gasteiger partial charge < -0.3 is 14.8 Å². The lowest BCUT2D eigenvalue weighted by atomic mass is 10.1. The van der Waals surface area contributed by atoms with Gasteiger partial charge in [0.1, 0.15) is 5.69 Å². The Bertz CT molecular complexity index is 1300. The Morgan fingerprint density at radius 3 is 2.56 bits per heavy atom. The van der Waals surface area contributed by atoms with Crippen LogP contribution in [-0.2, 0) is 6.54 Å². The predicted octanol–water partition coefficient (Wildman–Crippen LogP) is 5.50. The lowest BCUT2D eigenvalue weighted by molar-refractivity contribution is 0.0943. The predicted molar refractivity (Wildman–Crippen MR) is 123 cm³/mol. The van der Waals surface area contributed by atoms with Gasteiger partial charge in [0.2, 0.25) is 6.79 Å². The van der Waals surface area contributed by atoms with E-state index >= 15 is 0 Å². The fraction of sp³-hybridized carbons (Fsp3) is 0.0833. The molecule has 1 amide bonds. The molecule has 0 saturated heterocycles. The number of aromatic nitrogens is 2. The van der Waals surface area contributed by atoms with Crippen LogP contribution in [0, 0.1) is 0 Å². The van der Waals surface area contributed by atoms with Gasteiger partial charge in [-0.15, -0.1) is 0 Å². The molecule has 0 spiro atoms. The molecule has 5 rings (SSSR count). The third-order valence-corrected chi connectivity index (χ3v) is 5.63. The number of carbonyl (C=O) groups excluding carboxylic acids is 1. The summed E-state index contributed by atoms with van der Waals surface area (Å²) in [5, 5.41) is 8.76. The van der Waals surface area contributed by atoms with Crippen molar-refractivity contribution in [2.75, 3.05) is 6.79 Å². The van der Waals surface area contributed by atoms with Crippen LogP contribution in [0.25, 0.3) is 16.9 Å². The standard InChI is InChI=1S/C24H17Cl2N3O3/c25-16-6-8-17(9-7-16)29-21(12-20(28-29)18-3-1-2-4-19(18)26)24(30)27-13-15-5-10-22-23(11-15)32-14-31-22/h1-12H,13-14H2,(H,27,30). The summed E-state index contributed by atoms with van der Waals surface area (Å²) in [5.74, 6) is 1.10. The van der Waals surface area contributed by atoms with Crippen LogP contribution in [-0.4, -0.2) is 22.5 Å². The minimum absolute atomic E-state index is 0.205. The van der Waals surface area contributed by atoms with E-state index < -0.39 is 0 Å². The number of nitrogens with one attached hydrogen (secondary N) is 1. The second-order valence-electron chi connectivity index (χ2n) is 7.15. The molecule has 0 radical (unpaired) electrons. The van der Waals surface area contributed by atoms with E-state index in [-0.39, 0.29) is 12.7 Å². The average molecular weight is 466 g/mol. The summed E-state index contributed by atoms with van der Waals surface area (Å²) in [6, 6.07) is 21.8. The Morgan fingerprint density at radius 2 is 1.75 bits per heavy atom. The van der Waals surface area contributed by atoms with Crippen LogP contribution in [0.15, 0.2) is 72.8 Å². The Labute approximate surface area is 194 Å². The highest BCUT2D eigenvalue weighted by molar-refractivity contribution is 6.33. The van der Waals surface area contributed by atoms with Crippen LogP contribution in [0.3, 0.4) is 0 Å². The van der Waals surface area contributed by atoms with Gasteiger partial charge in [-0.3, -0.25) is 4.79 Å². The van der Waals surface area contributed by atoms with Gasteiger partial charge >= 0.3 is 0 Å². The lowest BCUT2D eigenvalue weighted by Gasteiger charge is -2.09. The number of hydrogen-bond acceptors (Lipinski definition) is 4. The zero-order valence-electron chi connectivity index (χ0n) is 16.7. The summed E-state index contributed by atoms with van der Waals surface area (Å²) in [7, 11) is 0. The van der Waals surface area contributed by atoms with Crippen LogP contribution in [0.2, 0.25) is 10.0 Å². The normalized spacial score (nSPS) is 12.1. The molecule has 160 valence electrons. The second kappa shape index (κ2) is 8.57. The first kappa shape index (κ1) is 20.4. The minimum Gasteiger partial charge on any atom is -0.454 e. The first-order valence-corrected chi connectivity index (χ1v) is 10.6. The van der Waals surface area contributed by atoms with E-state index in [0.29, 0.717) is 45.2 Å². The van der Waals surface area contributed by atoms with Crippen LogP contribution < -0.4 is 14.8 Å². The molecule has 0 saturated carbocycles. The van der Waals surface area contributed by atoms with Crippen molar-refractivity contribution >= 4 is 29.1 Å². The van der Waals surface area contributed by atoms with Crippen LogP contribution in [0.4, 0.5) is 0 Å².